The van der Waals surface area contributed by atoms with E-state index in [2.05, 4.69) is 111 Å². The lowest BCUT2D eigenvalue weighted by atomic mass is 9.79. The van der Waals surface area contributed by atoms with Gasteiger partial charge in [0.2, 0.25) is 51.2 Å². The smallest absolute Gasteiger partial charge is 0.335 e. The van der Waals surface area contributed by atoms with Gasteiger partial charge in [-0.05, 0) is 78.7 Å². The van der Waals surface area contributed by atoms with Gasteiger partial charge in [0.05, 0.1) is 71.4 Å². The normalized spacial score (nSPS) is 13.6. The largest absolute Gasteiger partial charge is 0.492 e. The van der Waals surface area contributed by atoms with E-state index in [4.69, 9.17) is 32.8 Å². The topological polar surface area (TPSA) is 303 Å². The first-order chi connectivity index (χ1) is 45.2. The molecule has 0 unspecified atom stereocenters. The molecule has 2 aromatic rings. The highest BCUT2D eigenvalue weighted by atomic mass is 32.2. The minimum Gasteiger partial charge on any atom is -0.492 e. The SMILES string of the molecule is CC(C)(C)CCC(C)(C)C(=O)NCC(C)(C)COCC(C)(C)CC(=O)NCC(C)(C)COCC(C)(C)CC(=O)NCCOc1cc(OCCNC(=O)CC(C)(C)OCC(C)(C)CNC(=O)CC(C)(C)COCC(C)(C)CNC(=O)C(C)(C)CCC(C)(C)C)cc(-c2nnc(S(C)(=O)=O)o2)c1. The molecule has 0 radical (unpaired) electrons. The van der Waals surface area contributed by atoms with Crippen molar-refractivity contribution >= 4 is 45.3 Å². The summed E-state index contributed by atoms with van der Waals surface area (Å²) in [5, 5.41) is 25.2. The number of carbonyl (C=O) groups is 6. The van der Waals surface area contributed by atoms with Crippen molar-refractivity contribution < 1.29 is 70.0 Å². The summed E-state index contributed by atoms with van der Waals surface area (Å²) in [6.07, 6.45) is 5.18. The fourth-order valence-electron chi connectivity index (χ4n) is 10.0. The highest BCUT2D eigenvalue weighted by molar-refractivity contribution is 7.90. The molecule has 0 spiro atoms. The second-order valence-corrected chi connectivity index (χ2v) is 39.8. The van der Waals surface area contributed by atoms with E-state index in [0.29, 0.717) is 82.9 Å². The fraction of sp³-hybridized carbons (Fsp3) is 0.816. The second kappa shape index (κ2) is 37.3. The summed E-state index contributed by atoms with van der Waals surface area (Å²) in [5.41, 5.74) is -4.06. The molecule has 0 fully saturated rings. The average Bonchev–Trinajstić information content (AvgIpc) is 1.64. The highest BCUT2D eigenvalue weighted by Crippen LogP contribution is 2.35. The van der Waals surface area contributed by atoms with E-state index in [9.17, 15) is 37.2 Å². The first kappa shape index (κ1) is 90.7. The Morgan fingerprint density at radius 1 is 0.400 bits per heavy atom. The maximum atomic E-state index is 13.2. The number of aromatic nitrogens is 2. The quantitative estimate of drug-likeness (QED) is 0.0336. The van der Waals surface area contributed by atoms with Crippen molar-refractivity contribution in [3.05, 3.63) is 18.2 Å². The molecular formula is C76H136N8O15S. The third kappa shape index (κ3) is 39.3. The summed E-state index contributed by atoms with van der Waals surface area (Å²) < 4.78 is 66.7. The van der Waals surface area contributed by atoms with E-state index in [1.165, 1.54) is 0 Å². The van der Waals surface area contributed by atoms with Crippen molar-refractivity contribution in [3.63, 3.8) is 0 Å². The van der Waals surface area contributed by atoms with Crippen molar-refractivity contribution in [1.82, 2.24) is 42.1 Å². The molecule has 6 N–H and O–H groups in total. The van der Waals surface area contributed by atoms with Gasteiger partial charge in [-0.15, -0.1) is 5.10 Å². The summed E-state index contributed by atoms with van der Waals surface area (Å²) in [6, 6.07) is 4.75. The van der Waals surface area contributed by atoms with Crippen molar-refractivity contribution in [2.45, 2.75) is 242 Å². The monoisotopic (exact) mass is 1430 g/mol. The zero-order chi connectivity index (χ0) is 76.8. The van der Waals surface area contributed by atoms with E-state index in [0.717, 1.165) is 31.9 Å². The van der Waals surface area contributed by atoms with Gasteiger partial charge in [-0.1, -0.05) is 171 Å². The number of sulfone groups is 1. The zero-order valence-electron chi connectivity index (χ0n) is 66.9. The molecule has 0 aliphatic rings. The number of amides is 6. The molecule has 6 amide bonds. The Balaban J connectivity index is 1.84. The van der Waals surface area contributed by atoms with Crippen LogP contribution in [0.4, 0.5) is 0 Å². The van der Waals surface area contributed by atoms with Gasteiger partial charge in [0.15, 0.2) is 0 Å². The number of hydrogen-bond donors (Lipinski definition) is 6. The van der Waals surface area contributed by atoms with Crippen LogP contribution in [-0.2, 0) is 57.6 Å². The van der Waals surface area contributed by atoms with Crippen molar-refractivity contribution in [2.75, 3.05) is 105 Å². The van der Waals surface area contributed by atoms with Crippen LogP contribution in [-0.4, -0.2) is 165 Å². The highest BCUT2D eigenvalue weighted by Gasteiger charge is 2.36. The maximum Gasteiger partial charge on any atom is 0.335 e. The van der Waals surface area contributed by atoms with Crippen LogP contribution in [0.2, 0.25) is 0 Å². The second-order valence-electron chi connectivity index (χ2n) is 37.9. The minimum atomic E-state index is -3.81. The Kier molecular flexibility index (Phi) is 33.8. The Labute approximate surface area is 602 Å². The summed E-state index contributed by atoms with van der Waals surface area (Å²) in [7, 11) is -3.81. The van der Waals surface area contributed by atoms with Crippen LogP contribution >= 0.6 is 0 Å². The summed E-state index contributed by atoms with van der Waals surface area (Å²) in [6.45, 7) is 57.3. The average molecular weight is 1430 g/mol. The first-order valence-corrected chi connectivity index (χ1v) is 37.6. The fourth-order valence-corrected chi connectivity index (χ4v) is 10.4. The molecule has 576 valence electrons. The standard InChI is InChI=1S/C76H136N8O15S/c1-65(2,3)28-30-74(21,22)62(89)81-45-71(15,16)51-94-48-68(9,10)40-58(86)79-43-70(13,14)50-93-47-67(7,8)39-57(85)77-32-34-96-55-36-54(61-83-84-64(99-61)100(27,91)92)37-56(38-55)97-35-33-78-60(88)42-76(25,26)98-53-73(19,20)44-80-59(87)41-69(11,12)49-95-52-72(17,18)46-82-63(90)75(23,24)31-29-66(4,5)6/h36-38H,28-35,39-53H2,1-27H3,(H,77,85)(H,78,88)(H,79,86)(H,80,87)(H,81,89)(H,82,90). The molecule has 1 aromatic heterocycles. The van der Waals surface area contributed by atoms with Gasteiger partial charge in [0.1, 0.15) is 24.7 Å². The van der Waals surface area contributed by atoms with Crippen LogP contribution in [0.25, 0.3) is 11.5 Å². The van der Waals surface area contributed by atoms with Gasteiger partial charge < -0.3 is 64.7 Å². The van der Waals surface area contributed by atoms with Crippen LogP contribution in [0, 0.1) is 59.6 Å². The molecule has 1 heterocycles. The maximum absolute atomic E-state index is 13.2. The van der Waals surface area contributed by atoms with Gasteiger partial charge in [0.25, 0.3) is 0 Å². The van der Waals surface area contributed by atoms with Crippen molar-refractivity contribution in [2.24, 2.45) is 59.6 Å². The van der Waals surface area contributed by atoms with Crippen molar-refractivity contribution in [3.8, 4) is 23.0 Å². The third-order valence-corrected chi connectivity index (χ3v) is 17.6. The van der Waals surface area contributed by atoms with Gasteiger partial charge in [-0.3, -0.25) is 28.8 Å². The molecule has 0 atom stereocenters. The number of rotatable bonds is 47. The zero-order valence-corrected chi connectivity index (χ0v) is 67.7. The number of ether oxygens (including phenoxy) is 6. The Hall–Kier alpha value is -5.43. The van der Waals surface area contributed by atoms with Crippen LogP contribution in [0.5, 0.6) is 11.5 Å². The minimum absolute atomic E-state index is 0.0353. The van der Waals surface area contributed by atoms with Gasteiger partial charge >= 0.3 is 5.22 Å². The molecule has 0 bridgehead atoms. The van der Waals surface area contributed by atoms with Gasteiger partial charge in [-0.2, -0.15) is 0 Å². The lowest BCUT2D eigenvalue weighted by Gasteiger charge is -2.33. The summed E-state index contributed by atoms with van der Waals surface area (Å²) in [4.78, 5) is 79.0. The molecular weight excluding hydrogens is 1300 g/mol. The Morgan fingerprint density at radius 3 is 1.06 bits per heavy atom. The number of nitrogens with zero attached hydrogens (tertiary/aromatic N) is 2. The molecule has 24 heteroatoms. The van der Waals surface area contributed by atoms with Crippen molar-refractivity contribution in [1.29, 1.82) is 0 Å². The Morgan fingerprint density at radius 2 is 0.720 bits per heavy atom. The number of hydrogen-bond acceptors (Lipinski definition) is 17. The van der Waals surface area contributed by atoms with Crippen LogP contribution in [0.1, 0.15) is 231 Å². The van der Waals surface area contributed by atoms with E-state index >= 15 is 0 Å². The number of nitrogens with one attached hydrogen (secondary N) is 6. The number of carbonyl (C=O) groups excluding carboxylic acids is 6. The Bertz CT molecular complexity index is 3060. The molecule has 0 aliphatic carbocycles. The summed E-state index contributed by atoms with van der Waals surface area (Å²) in [5.74, 6) is -0.115. The molecule has 0 aliphatic heterocycles. The van der Waals surface area contributed by atoms with Gasteiger partial charge in [-0.25, -0.2) is 8.42 Å². The number of benzene rings is 1. The van der Waals surface area contributed by atoms with Crippen LogP contribution in [0.15, 0.2) is 27.8 Å². The lowest BCUT2D eigenvalue weighted by Crippen LogP contribution is -2.43. The van der Waals surface area contributed by atoms with Crippen LogP contribution < -0.4 is 41.4 Å². The summed E-state index contributed by atoms with van der Waals surface area (Å²) >= 11 is 0. The molecule has 100 heavy (non-hydrogen) atoms. The third-order valence-electron chi connectivity index (χ3n) is 16.8. The molecule has 23 nitrogen and oxygen atoms in total. The van der Waals surface area contributed by atoms with E-state index in [1.54, 1.807) is 18.2 Å². The molecule has 0 saturated heterocycles. The first-order valence-electron chi connectivity index (χ1n) is 35.7. The molecule has 1 aromatic carbocycles. The predicted molar refractivity (Wildman–Crippen MR) is 394 cm³/mol. The van der Waals surface area contributed by atoms with Crippen LogP contribution in [0.3, 0.4) is 0 Å². The van der Waals surface area contributed by atoms with E-state index < -0.39 is 58.6 Å². The van der Waals surface area contributed by atoms with E-state index in [-0.39, 0.29) is 122 Å². The lowest BCUT2D eigenvalue weighted by molar-refractivity contribution is -0.131. The molecule has 2 rings (SSSR count). The van der Waals surface area contributed by atoms with E-state index in [1.807, 2.05) is 111 Å². The predicted octanol–water partition coefficient (Wildman–Crippen LogP) is 11.9. The molecule has 0 saturated carbocycles. The van der Waals surface area contributed by atoms with Gasteiger partial charge in [0, 0.05) is 95.8 Å².